The molecule has 3 unspecified atom stereocenters. The van der Waals surface area contributed by atoms with Gasteiger partial charge in [-0.05, 0) is 26.7 Å². The van der Waals surface area contributed by atoms with Crippen LogP contribution >= 0.6 is 0 Å². The summed E-state index contributed by atoms with van der Waals surface area (Å²) < 4.78 is 5.22. The van der Waals surface area contributed by atoms with Gasteiger partial charge in [0.25, 0.3) is 0 Å². The molecule has 1 saturated heterocycles. The summed E-state index contributed by atoms with van der Waals surface area (Å²) in [5, 5.41) is 2.84. The third-order valence-corrected chi connectivity index (χ3v) is 4.59. The second kappa shape index (κ2) is 6.10. The summed E-state index contributed by atoms with van der Waals surface area (Å²) in [7, 11) is 0. The number of nitrogens with zero attached hydrogens (tertiary/aromatic N) is 1. The highest BCUT2D eigenvalue weighted by Gasteiger charge is 2.43. The van der Waals surface area contributed by atoms with Gasteiger partial charge < -0.3 is 20.7 Å². The molecule has 0 aromatic carbocycles. The predicted octanol–water partition coefficient (Wildman–Crippen LogP) is -0.133. The zero-order valence-corrected chi connectivity index (χ0v) is 12.4. The van der Waals surface area contributed by atoms with Gasteiger partial charge in [0.15, 0.2) is 0 Å². The van der Waals surface area contributed by atoms with E-state index in [0.29, 0.717) is 26.3 Å². The molecule has 114 valence electrons. The van der Waals surface area contributed by atoms with E-state index in [4.69, 9.17) is 10.5 Å². The first-order valence-corrected chi connectivity index (χ1v) is 7.38. The first-order valence-electron chi connectivity index (χ1n) is 7.38. The minimum atomic E-state index is -0.542. The first kappa shape index (κ1) is 15.3. The fourth-order valence-electron chi connectivity index (χ4n) is 2.96. The monoisotopic (exact) mass is 283 g/mol. The van der Waals surface area contributed by atoms with Crippen molar-refractivity contribution >= 4 is 11.8 Å². The van der Waals surface area contributed by atoms with Crippen LogP contribution in [0.2, 0.25) is 0 Å². The second-order valence-corrected chi connectivity index (χ2v) is 6.05. The maximum absolute atomic E-state index is 12.4. The lowest BCUT2D eigenvalue weighted by molar-refractivity contribution is -0.141. The van der Waals surface area contributed by atoms with E-state index < -0.39 is 11.5 Å². The van der Waals surface area contributed by atoms with Crippen LogP contribution in [0.4, 0.5) is 0 Å². The van der Waals surface area contributed by atoms with Gasteiger partial charge in [0.2, 0.25) is 11.8 Å². The Labute approximate surface area is 120 Å². The van der Waals surface area contributed by atoms with Crippen LogP contribution in [0.3, 0.4) is 0 Å². The van der Waals surface area contributed by atoms with Gasteiger partial charge in [0, 0.05) is 19.1 Å². The van der Waals surface area contributed by atoms with Gasteiger partial charge in [0.1, 0.15) is 6.04 Å². The Bertz CT molecular complexity index is 382. The van der Waals surface area contributed by atoms with Gasteiger partial charge in [0.05, 0.1) is 18.6 Å². The van der Waals surface area contributed by atoms with E-state index in [-0.39, 0.29) is 17.9 Å². The molecule has 2 amide bonds. The largest absolute Gasteiger partial charge is 0.378 e. The first-order chi connectivity index (χ1) is 9.45. The molecule has 6 heteroatoms. The molecular formula is C14H25N3O3. The molecule has 0 aromatic heterocycles. The smallest absolute Gasteiger partial charge is 0.245 e. The van der Waals surface area contributed by atoms with Gasteiger partial charge in [-0.1, -0.05) is 6.42 Å². The third-order valence-electron chi connectivity index (χ3n) is 4.59. The van der Waals surface area contributed by atoms with Crippen LogP contribution in [0.5, 0.6) is 0 Å². The van der Waals surface area contributed by atoms with Crippen molar-refractivity contribution < 1.29 is 14.3 Å². The average Bonchev–Trinajstić information content (AvgIpc) is 2.80. The van der Waals surface area contributed by atoms with Crippen molar-refractivity contribution in [2.75, 3.05) is 26.3 Å². The summed E-state index contributed by atoms with van der Waals surface area (Å²) in [6, 6.07) is -0.626. The highest BCUT2D eigenvalue weighted by atomic mass is 16.5. The number of hydrogen-bond donors (Lipinski definition) is 2. The lowest BCUT2D eigenvalue weighted by atomic mass is 9.84. The highest BCUT2D eigenvalue weighted by molar-refractivity contribution is 5.90. The Kier molecular flexibility index (Phi) is 4.65. The van der Waals surface area contributed by atoms with Crippen molar-refractivity contribution in [3.8, 4) is 0 Å². The Morgan fingerprint density at radius 2 is 2.05 bits per heavy atom. The number of ether oxygens (including phenoxy) is 1. The standard InChI is InChI=1S/C14H25N3O3/c1-10(12(18)17-6-8-20-9-7-17)16-13(19)14(2)5-3-4-11(14)15/h10-11H,3-9,15H2,1-2H3,(H,16,19). The lowest BCUT2D eigenvalue weighted by Crippen LogP contribution is -2.55. The molecule has 1 aliphatic carbocycles. The summed E-state index contributed by atoms with van der Waals surface area (Å²) in [4.78, 5) is 26.4. The molecule has 1 saturated carbocycles. The molecule has 3 N–H and O–H groups in total. The molecular weight excluding hydrogens is 258 g/mol. The topological polar surface area (TPSA) is 84.7 Å². The average molecular weight is 283 g/mol. The number of carbonyl (C=O) groups is 2. The van der Waals surface area contributed by atoms with E-state index in [1.165, 1.54) is 0 Å². The Morgan fingerprint density at radius 1 is 1.40 bits per heavy atom. The zero-order chi connectivity index (χ0) is 14.8. The zero-order valence-electron chi connectivity index (χ0n) is 12.4. The maximum Gasteiger partial charge on any atom is 0.245 e. The number of carbonyl (C=O) groups excluding carboxylic acids is 2. The fraction of sp³-hybridized carbons (Fsp3) is 0.857. The molecule has 2 rings (SSSR count). The van der Waals surface area contributed by atoms with Crippen LogP contribution < -0.4 is 11.1 Å². The molecule has 0 spiro atoms. The summed E-state index contributed by atoms with van der Waals surface area (Å²) in [6.45, 7) is 5.95. The van der Waals surface area contributed by atoms with Crippen molar-refractivity contribution in [3.05, 3.63) is 0 Å². The van der Waals surface area contributed by atoms with Crippen LogP contribution in [-0.4, -0.2) is 55.1 Å². The second-order valence-electron chi connectivity index (χ2n) is 6.05. The quantitative estimate of drug-likeness (QED) is 0.755. The number of rotatable bonds is 3. The maximum atomic E-state index is 12.4. The Morgan fingerprint density at radius 3 is 2.60 bits per heavy atom. The number of morpholine rings is 1. The van der Waals surface area contributed by atoms with Crippen LogP contribution in [0.25, 0.3) is 0 Å². The SMILES string of the molecule is CC(NC(=O)C1(C)CCCC1N)C(=O)N1CCOCC1. The number of hydrogen-bond acceptors (Lipinski definition) is 4. The third kappa shape index (κ3) is 2.96. The summed E-state index contributed by atoms with van der Waals surface area (Å²) >= 11 is 0. The molecule has 0 radical (unpaired) electrons. The minimum absolute atomic E-state index is 0.0446. The van der Waals surface area contributed by atoms with E-state index in [1.54, 1.807) is 11.8 Å². The van der Waals surface area contributed by atoms with E-state index in [2.05, 4.69) is 5.32 Å². The number of nitrogens with one attached hydrogen (secondary N) is 1. The van der Waals surface area contributed by atoms with Crippen LogP contribution in [-0.2, 0) is 14.3 Å². The summed E-state index contributed by atoms with van der Waals surface area (Å²) in [6.07, 6.45) is 2.63. The van der Waals surface area contributed by atoms with E-state index in [0.717, 1.165) is 19.3 Å². The van der Waals surface area contributed by atoms with Crippen LogP contribution in [0.1, 0.15) is 33.1 Å². The minimum Gasteiger partial charge on any atom is -0.378 e. The molecule has 20 heavy (non-hydrogen) atoms. The normalized spacial score (nSPS) is 31.9. The highest BCUT2D eigenvalue weighted by Crippen LogP contribution is 2.36. The molecule has 0 bridgehead atoms. The number of amides is 2. The Balaban J connectivity index is 1.91. The van der Waals surface area contributed by atoms with Crippen LogP contribution in [0, 0.1) is 5.41 Å². The molecule has 2 fully saturated rings. The van der Waals surface area contributed by atoms with E-state index in [9.17, 15) is 9.59 Å². The molecule has 3 atom stereocenters. The van der Waals surface area contributed by atoms with Gasteiger partial charge in [-0.2, -0.15) is 0 Å². The summed E-state index contributed by atoms with van der Waals surface area (Å²) in [5.74, 6) is -0.145. The van der Waals surface area contributed by atoms with Crippen molar-refractivity contribution in [1.29, 1.82) is 0 Å². The van der Waals surface area contributed by atoms with Crippen molar-refractivity contribution in [1.82, 2.24) is 10.2 Å². The van der Waals surface area contributed by atoms with E-state index in [1.807, 2.05) is 6.92 Å². The molecule has 2 aliphatic rings. The van der Waals surface area contributed by atoms with Gasteiger partial charge >= 0.3 is 0 Å². The van der Waals surface area contributed by atoms with Crippen LogP contribution in [0.15, 0.2) is 0 Å². The predicted molar refractivity (Wildman–Crippen MR) is 74.9 cm³/mol. The Hall–Kier alpha value is -1.14. The van der Waals surface area contributed by atoms with Gasteiger partial charge in [-0.15, -0.1) is 0 Å². The molecule has 0 aromatic rings. The van der Waals surface area contributed by atoms with Gasteiger partial charge in [-0.25, -0.2) is 0 Å². The molecule has 1 aliphatic heterocycles. The van der Waals surface area contributed by atoms with Crippen molar-refractivity contribution in [3.63, 3.8) is 0 Å². The number of nitrogens with two attached hydrogens (primary N) is 1. The molecule has 6 nitrogen and oxygen atoms in total. The fourth-order valence-corrected chi connectivity index (χ4v) is 2.96. The summed E-state index contributed by atoms with van der Waals surface area (Å²) in [5.41, 5.74) is 5.49. The van der Waals surface area contributed by atoms with E-state index >= 15 is 0 Å². The van der Waals surface area contributed by atoms with Gasteiger partial charge in [-0.3, -0.25) is 9.59 Å². The van der Waals surface area contributed by atoms with Crippen molar-refractivity contribution in [2.45, 2.75) is 45.2 Å². The lowest BCUT2D eigenvalue weighted by Gasteiger charge is -2.32. The van der Waals surface area contributed by atoms with Crippen molar-refractivity contribution in [2.24, 2.45) is 11.1 Å². The molecule has 1 heterocycles.